The standard InChI is InChI=1S/C13H21BrN2/c1-10(8-15)5-6-16-9-12-7-13(14)4-3-11(12)2/h3-4,7,10,16H,5-6,8-9,15H2,1-2H3. The summed E-state index contributed by atoms with van der Waals surface area (Å²) in [6.45, 7) is 7.07. The Bertz CT molecular complexity index is 326. The van der Waals surface area contributed by atoms with Crippen LogP contribution in [0, 0.1) is 12.8 Å². The van der Waals surface area contributed by atoms with Crippen LogP contribution in [-0.2, 0) is 6.54 Å². The van der Waals surface area contributed by atoms with Crippen molar-refractivity contribution in [2.24, 2.45) is 11.7 Å². The van der Waals surface area contributed by atoms with E-state index in [2.05, 4.69) is 53.3 Å². The van der Waals surface area contributed by atoms with Crippen molar-refractivity contribution < 1.29 is 0 Å². The number of hydrogen-bond donors (Lipinski definition) is 2. The van der Waals surface area contributed by atoms with Gasteiger partial charge in [-0.2, -0.15) is 0 Å². The molecule has 90 valence electrons. The molecule has 0 amide bonds. The predicted molar refractivity (Wildman–Crippen MR) is 73.4 cm³/mol. The second-order valence-electron chi connectivity index (χ2n) is 4.38. The second-order valence-corrected chi connectivity index (χ2v) is 5.29. The first-order valence-corrected chi connectivity index (χ1v) is 6.58. The minimum Gasteiger partial charge on any atom is -0.330 e. The molecule has 0 saturated carbocycles. The highest BCUT2D eigenvalue weighted by Gasteiger charge is 2.01. The number of halogens is 1. The molecule has 0 saturated heterocycles. The Kier molecular flexibility index (Phi) is 6.03. The van der Waals surface area contributed by atoms with Crippen LogP contribution in [0.5, 0.6) is 0 Å². The molecule has 1 unspecified atom stereocenters. The van der Waals surface area contributed by atoms with Crippen molar-refractivity contribution in [2.45, 2.75) is 26.8 Å². The van der Waals surface area contributed by atoms with Gasteiger partial charge in [-0.1, -0.05) is 28.9 Å². The van der Waals surface area contributed by atoms with Crippen LogP contribution in [0.4, 0.5) is 0 Å². The Morgan fingerprint density at radius 2 is 2.19 bits per heavy atom. The fourth-order valence-electron chi connectivity index (χ4n) is 1.52. The summed E-state index contributed by atoms with van der Waals surface area (Å²) in [6, 6.07) is 6.40. The van der Waals surface area contributed by atoms with Crippen molar-refractivity contribution >= 4 is 15.9 Å². The van der Waals surface area contributed by atoms with Crippen molar-refractivity contribution in [3.63, 3.8) is 0 Å². The van der Waals surface area contributed by atoms with Gasteiger partial charge in [0.15, 0.2) is 0 Å². The Balaban J connectivity index is 2.34. The monoisotopic (exact) mass is 284 g/mol. The van der Waals surface area contributed by atoms with E-state index in [1.165, 1.54) is 11.1 Å². The molecule has 0 aromatic heterocycles. The number of nitrogens with two attached hydrogens (primary N) is 1. The van der Waals surface area contributed by atoms with Crippen molar-refractivity contribution in [1.82, 2.24) is 5.32 Å². The summed E-state index contributed by atoms with van der Waals surface area (Å²) in [6.07, 6.45) is 1.14. The minimum absolute atomic E-state index is 0.608. The molecule has 0 bridgehead atoms. The van der Waals surface area contributed by atoms with Crippen molar-refractivity contribution in [1.29, 1.82) is 0 Å². The number of aryl methyl sites for hydroxylation is 1. The molecule has 0 aliphatic heterocycles. The van der Waals surface area contributed by atoms with Gasteiger partial charge in [0.05, 0.1) is 0 Å². The van der Waals surface area contributed by atoms with E-state index in [1.54, 1.807) is 0 Å². The van der Waals surface area contributed by atoms with Gasteiger partial charge >= 0.3 is 0 Å². The molecule has 0 fully saturated rings. The Labute approximate surface area is 107 Å². The van der Waals surface area contributed by atoms with Crippen LogP contribution in [0.3, 0.4) is 0 Å². The zero-order valence-electron chi connectivity index (χ0n) is 10.1. The molecular weight excluding hydrogens is 264 g/mol. The zero-order chi connectivity index (χ0) is 12.0. The van der Waals surface area contributed by atoms with E-state index >= 15 is 0 Å². The molecule has 1 rings (SSSR count). The molecule has 0 radical (unpaired) electrons. The molecule has 0 aliphatic carbocycles. The van der Waals surface area contributed by atoms with Crippen molar-refractivity contribution in [2.75, 3.05) is 13.1 Å². The highest BCUT2D eigenvalue weighted by molar-refractivity contribution is 9.10. The van der Waals surface area contributed by atoms with Crippen LogP contribution in [-0.4, -0.2) is 13.1 Å². The van der Waals surface area contributed by atoms with E-state index in [4.69, 9.17) is 5.73 Å². The predicted octanol–water partition coefficient (Wildman–Crippen LogP) is 2.83. The lowest BCUT2D eigenvalue weighted by Gasteiger charge is -2.11. The SMILES string of the molecule is Cc1ccc(Br)cc1CNCCC(C)CN. The maximum Gasteiger partial charge on any atom is 0.0208 e. The third-order valence-corrected chi connectivity index (χ3v) is 3.34. The van der Waals surface area contributed by atoms with E-state index < -0.39 is 0 Å². The van der Waals surface area contributed by atoms with Gasteiger partial charge in [0.25, 0.3) is 0 Å². The molecule has 0 spiro atoms. The van der Waals surface area contributed by atoms with Gasteiger partial charge in [-0.15, -0.1) is 0 Å². The summed E-state index contributed by atoms with van der Waals surface area (Å²) >= 11 is 3.50. The lowest BCUT2D eigenvalue weighted by Crippen LogP contribution is -2.20. The summed E-state index contributed by atoms with van der Waals surface area (Å²) in [5.74, 6) is 0.608. The normalized spacial score (nSPS) is 12.8. The average molecular weight is 285 g/mol. The number of hydrogen-bond acceptors (Lipinski definition) is 2. The summed E-state index contributed by atoms with van der Waals surface area (Å²) < 4.78 is 1.14. The first-order valence-electron chi connectivity index (χ1n) is 5.79. The van der Waals surface area contributed by atoms with Gasteiger partial charge in [0.2, 0.25) is 0 Å². The van der Waals surface area contributed by atoms with E-state index in [0.717, 1.165) is 30.5 Å². The molecule has 0 heterocycles. The maximum absolute atomic E-state index is 5.58. The van der Waals surface area contributed by atoms with Gasteiger partial charge in [0, 0.05) is 11.0 Å². The Morgan fingerprint density at radius 1 is 1.44 bits per heavy atom. The van der Waals surface area contributed by atoms with Crippen LogP contribution in [0.2, 0.25) is 0 Å². The maximum atomic E-state index is 5.58. The molecule has 1 atom stereocenters. The number of benzene rings is 1. The van der Waals surface area contributed by atoms with Gasteiger partial charge < -0.3 is 11.1 Å². The van der Waals surface area contributed by atoms with E-state index in [1.807, 2.05) is 0 Å². The smallest absolute Gasteiger partial charge is 0.0208 e. The topological polar surface area (TPSA) is 38.0 Å². The first-order chi connectivity index (χ1) is 7.63. The highest BCUT2D eigenvalue weighted by Crippen LogP contribution is 2.15. The van der Waals surface area contributed by atoms with Crippen LogP contribution in [0.25, 0.3) is 0 Å². The summed E-state index contributed by atoms with van der Waals surface area (Å²) in [5, 5.41) is 3.46. The minimum atomic E-state index is 0.608. The molecule has 1 aromatic rings. The van der Waals surface area contributed by atoms with Crippen LogP contribution in [0.15, 0.2) is 22.7 Å². The van der Waals surface area contributed by atoms with Gasteiger partial charge in [-0.25, -0.2) is 0 Å². The van der Waals surface area contributed by atoms with E-state index in [0.29, 0.717) is 5.92 Å². The average Bonchev–Trinajstić information content (AvgIpc) is 2.28. The highest BCUT2D eigenvalue weighted by atomic mass is 79.9. The van der Waals surface area contributed by atoms with E-state index in [-0.39, 0.29) is 0 Å². The third kappa shape index (κ3) is 4.64. The summed E-state index contributed by atoms with van der Waals surface area (Å²) in [5.41, 5.74) is 8.27. The molecule has 2 nitrogen and oxygen atoms in total. The fraction of sp³-hybridized carbons (Fsp3) is 0.538. The zero-order valence-corrected chi connectivity index (χ0v) is 11.7. The van der Waals surface area contributed by atoms with Crippen molar-refractivity contribution in [3.8, 4) is 0 Å². The quantitative estimate of drug-likeness (QED) is 0.789. The third-order valence-electron chi connectivity index (χ3n) is 2.84. The summed E-state index contributed by atoms with van der Waals surface area (Å²) in [4.78, 5) is 0. The van der Waals surface area contributed by atoms with Gasteiger partial charge in [0.1, 0.15) is 0 Å². The van der Waals surface area contributed by atoms with E-state index in [9.17, 15) is 0 Å². The van der Waals surface area contributed by atoms with Crippen LogP contribution < -0.4 is 11.1 Å². The lowest BCUT2D eigenvalue weighted by molar-refractivity contribution is 0.509. The number of rotatable bonds is 6. The molecule has 16 heavy (non-hydrogen) atoms. The molecule has 0 aliphatic rings. The van der Waals surface area contributed by atoms with Gasteiger partial charge in [-0.05, 0) is 55.6 Å². The van der Waals surface area contributed by atoms with Gasteiger partial charge in [-0.3, -0.25) is 0 Å². The molecular formula is C13H21BrN2. The molecule has 3 N–H and O–H groups in total. The second kappa shape index (κ2) is 7.05. The number of nitrogens with one attached hydrogen (secondary N) is 1. The van der Waals surface area contributed by atoms with Crippen molar-refractivity contribution in [3.05, 3.63) is 33.8 Å². The van der Waals surface area contributed by atoms with Crippen LogP contribution >= 0.6 is 15.9 Å². The fourth-order valence-corrected chi connectivity index (χ4v) is 1.93. The molecule has 1 aromatic carbocycles. The Hall–Kier alpha value is -0.380. The molecule has 3 heteroatoms. The largest absolute Gasteiger partial charge is 0.330 e. The summed E-state index contributed by atoms with van der Waals surface area (Å²) in [7, 11) is 0. The van der Waals surface area contributed by atoms with Crippen LogP contribution in [0.1, 0.15) is 24.5 Å². The lowest BCUT2D eigenvalue weighted by atomic mass is 10.1. The first kappa shape index (κ1) is 13.7. The Morgan fingerprint density at radius 3 is 2.88 bits per heavy atom.